The van der Waals surface area contributed by atoms with Crippen LogP contribution in [0.5, 0.6) is 5.75 Å². The van der Waals surface area contributed by atoms with Crippen molar-refractivity contribution in [3.8, 4) is 17.0 Å². The van der Waals surface area contributed by atoms with Crippen LogP contribution in [-0.4, -0.2) is 42.7 Å². The highest BCUT2D eigenvalue weighted by Crippen LogP contribution is 2.23. The number of nitrogens with zero attached hydrogens (tertiary/aromatic N) is 4. The average Bonchev–Trinajstić information content (AvgIpc) is 3.15. The van der Waals surface area contributed by atoms with Crippen molar-refractivity contribution in [2.45, 2.75) is 13.3 Å². The smallest absolute Gasteiger partial charge is 0.206 e. The fourth-order valence-electron chi connectivity index (χ4n) is 2.54. The van der Waals surface area contributed by atoms with Crippen molar-refractivity contribution in [3.05, 3.63) is 64.5 Å². The van der Waals surface area contributed by atoms with E-state index in [1.165, 1.54) is 0 Å². The van der Waals surface area contributed by atoms with Gasteiger partial charge in [0.05, 0.1) is 19.0 Å². The highest BCUT2D eigenvalue weighted by Gasteiger charge is 2.07. The van der Waals surface area contributed by atoms with E-state index in [9.17, 15) is 0 Å². The summed E-state index contributed by atoms with van der Waals surface area (Å²) in [6, 6.07) is 11.8. The average molecular weight is 397 g/mol. The molecule has 0 saturated carbocycles. The number of methoxy groups -OCH3 is 1. The Morgan fingerprint density at radius 2 is 2.07 bits per heavy atom. The molecule has 0 spiro atoms. The number of aromatic nitrogens is 2. The molecule has 3 rings (SSSR count). The minimum atomic E-state index is 0.699. The van der Waals surface area contributed by atoms with Gasteiger partial charge in [-0.25, -0.2) is 4.68 Å². The van der Waals surface area contributed by atoms with E-state index in [-0.39, 0.29) is 0 Å². The number of benzene rings is 1. The molecule has 0 N–H and O–H groups in total. The molecule has 7 heteroatoms. The van der Waals surface area contributed by atoms with Crippen LogP contribution in [-0.2, 0) is 4.74 Å². The summed E-state index contributed by atoms with van der Waals surface area (Å²) in [5.74, 6) is 0.824. The Bertz CT molecular complexity index is 947. The van der Waals surface area contributed by atoms with Gasteiger partial charge < -0.3 is 9.47 Å². The van der Waals surface area contributed by atoms with Crippen LogP contribution < -0.4 is 9.54 Å². The van der Waals surface area contributed by atoms with Crippen molar-refractivity contribution in [3.63, 3.8) is 0 Å². The highest BCUT2D eigenvalue weighted by molar-refractivity contribution is 7.07. The van der Waals surface area contributed by atoms with Gasteiger partial charge in [-0.1, -0.05) is 6.07 Å². The Morgan fingerprint density at radius 3 is 2.79 bits per heavy atom. The summed E-state index contributed by atoms with van der Waals surface area (Å²) in [5, 5.41) is 6.75. The molecule has 0 bridgehead atoms. The highest BCUT2D eigenvalue weighted by atomic mass is 32.1. The molecule has 1 aromatic carbocycles. The topological polar surface area (TPSA) is 61.0 Å². The van der Waals surface area contributed by atoms with Crippen molar-refractivity contribution >= 4 is 17.6 Å². The molecule has 0 unspecified atom stereocenters. The fourth-order valence-corrected chi connectivity index (χ4v) is 3.41. The lowest BCUT2D eigenvalue weighted by Crippen LogP contribution is -2.13. The Hall–Kier alpha value is -2.77. The Balaban J connectivity index is 1.92. The van der Waals surface area contributed by atoms with Gasteiger partial charge in [-0.2, -0.15) is 5.10 Å². The van der Waals surface area contributed by atoms with Gasteiger partial charge in [-0.15, -0.1) is 11.3 Å². The number of ether oxygens (including phenoxy) is 2. The lowest BCUT2D eigenvalue weighted by molar-refractivity contribution is 0.146. The number of pyridine rings is 1. The van der Waals surface area contributed by atoms with Crippen LogP contribution in [0.4, 0.5) is 0 Å². The first-order valence-corrected chi connectivity index (χ1v) is 10.1. The quantitative estimate of drug-likeness (QED) is 0.408. The Morgan fingerprint density at radius 1 is 1.21 bits per heavy atom. The molecule has 146 valence electrons. The molecular weight excluding hydrogens is 372 g/mol. The molecular formula is C21H24N4O2S. The summed E-state index contributed by atoms with van der Waals surface area (Å²) in [5.41, 5.74) is 2.97. The molecule has 0 amide bonds. The summed E-state index contributed by atoms with van der Waals surface area (Å²) in [4.78, 5) is 9.70. The SMILES string of the molecule is CCOCCCN=c1scc(-c2ccc(OC)cc2)n1/N=C\c1cccnc1. The third-order valence-electron chi connectivity index (χ3n) is 3.98. The first kappa shape index (κ1) is 20.0. The summed E-state index contributed by atoms with van der Waals surface area (Å²) in [7, 11) is 1.66. The zero-order valence-electron chi connectivity index (χ0n) is 16.1. The number of hydrogen-bond donors (Lipinski definition) is 0. The van der Waals surface area contributed by atoms with Crippen molar-refractivity contribution in [1.29, 1.82) is 0 Å². The summed E-state index contributed by atoms with van der Waals surface area (Å²) in [6.07, 6.45) is 6.21. The second kappa shape index (κ2) is 10.5. The molecule has 0 atom stereocenters. The number of hydrogen-bond acceptors (Lipinski definition) is 6. The minimum absolute atomic E-state index is 0.699. The van der Waals surface area contributed by atoms with Crippen LogP contribution in [0.2, 0.25) is 0 Å². The van der Waals surface area contributed by atoms with Gasteiger partial charge in [0.1, 0.15) is 5.75 Å². The second-order valence-corrected chi connectivity index (χ2v) is 6.74. The van der Waals surface area contributed by atoms with E-state index in [2.05, 4.69) is 15.5 Å². The third-order valence-corrected chi connectivity index (χ3v) is 4.83. The monoisotopic (exact) mass is 396 g/mol. The Labute approximate surface area is 168 Å². The zero-order valence-corrected chi connectivity index (χ0v) is 16.9. The van der Waals surface area contributed by atoms with Crippen molar-refractivity contribution in [2.24, 2.45) is 10.1 Å². The Kier molecular flexibility index (Phi) is 7.52. The van der Waals surface area contributed by atoms with Gasteiger partial charge in [-0.05, 0) is 43.7 Å². The molecule has 0 saturated heterocycles. The largest absolute Gasteiger partial charge is 0.497 e. The molecule has 3 aromatic rings. The van der Waals surface area contributed by atoms with Gasteiger partial charge in [-0.3, -0.25) is 9.98 Å². The summed E-state index contributed by atoms with van der Waals surface area (Å²) in [6.45, 7) is 4.15. The van der Waals surface area contributed by atoms with E-state index >= 15 is 0 Å². The molecule has 2 heterocycles. The van der Waals surface area contributed by atoms with Crippen molar-refractivity contribution in [1.82, 2.24) is 9.66 Å². The molecule has 6 nitrogen and oxygen atoms in total. The number of thiazole rings is 1. The van der Waals surface area contributed by atoms with E-state index in [4.69, 9.17) is 14.5 Å². The van der Waals surface area contributed by atoms with Crippen LogP contribution in [0.1, 0.15) is 18.9 Å². The van der Waals surface area contributed by atoms with Crippen LogP contribution in [0, 0.1) is 0 Å². The van der Waals surface area contributed by atoms with E-state index in [0.717, 1.165) is 47.0 Å². The lowest BCUT2D eigenvalue weighted by Gasteiger charge is -2.05. The van der Waals surface area contributed by atoms with Crippen molar-refractivity contribution in [2.75, 3.05) is 26.9 Å². The third kappa shape index (κ3) is 5.37. The molecule has 0 aliphatic heterocycles. The van der Waals surface area contributed by atoms with Gasteiger partial charge in [0, 0.05) is 48.7 Å². The van der Waals surface area contributed by atoms with Crippen LogP contribution in [0.3, 0.4) is 0 Å². The normalized spacial score (nSPS) is 12.0. The second-order valence-electron chi connectivity index (χ2n) is 5.91. The maximum Gasteiger partial charge on any atom is 0.206 e. The molecule has 0 aliphatic rings. The van der Waals surface area contributed by atoms with Gasteiger partial charge in [0.15, 0.2) is 0 Å². The fraction of sp³-hybridized carbons (Fsp3) is 0.286. The summed E-state index contributed by atoms with van der Waals surface area (Å²) >= 11 is 1.57. The summed E-state index contributed by atoms with van der Waals surface area (Å²) < 4.78 is 12.5. The van der Waals surface area contributed by atoms with Gasteiger partial charge >= 0.3 is 0 Å². The van der Waals surface area contributed by atoms with E-state index < -0.39 is 0 Å². The maximum absolute atomic E-state index is 5.39. The van der Waals surface area contributed by atoms with Crippen LogP contribution in [0.25, 0.3) is 11.3 Å². The maximum atomic E-state index is 5.39. The first-order valence-electron chi connectivity index (χ1n) is 9.19. The molecule has 0 fully saturated rings. The molecule has 0 radical (unpaired) electrons. The predicted molar refractivity (Wildman–Crippen MR) is 113 cm³/mol. The van der Waals surface area contributed by atoms with E-state index in [0.29, 0.717) is 6.54 Å². The number of rotatable bonds is 9. The predicted octanol–water partition coefficient (Wildman–Crippen LogP) is 3.83. The first-order chi connectivity index (χ1) is 13.8. The zero-order chi connectivity index (χ0) is 19.6. The van der Waals surface area contributed by atoms with E-state index in [1.54, 1.807) is 37.1 Å². The minimum Gasteiger partial charge on any atom is -0.497 e. The molecule has 2 aromatic heterocycles. The van der Waals surface area contributed by atoms with Crippen molar-refractivity contribution < 1.29 is 9.47 Å². The molecule has 0 aliphatic carbocycles. The van der Waals surface area contributed by atoms with Crippen LogP contribution >= 0.6 is 11.3 Å². The van der Waals surface area contributed by atoms with Crippen LogP contribution in [0.15, 0.2) is 64.3 Å². The van der Waals surface area contributed by atoms with E-state index in [1.807, 2.05) is 48.0 Å². The van der Waals surface area contributed by atoms with Gasteiger partial charge in [0.2, 0.25) is 4.80 Å². The standard InChI is InChI=1S/C21H24N4O2S/c1-3-27-13-5-12-23-21-25(24-15-17-6-4-11-22-14-17)20(16-28-21)18-7-9-19(26-2)10-8-18/h4,6-11,14-16H,3,5,12-13H2,1-2H3/b23-21?,24-15-. The lowest BCUT2D eigenvalue weighted by atomic mass is 10.2. The molecule has 28 heavy (non-hydrogen) atoms. The van der Waals surface area contributed by atoms with Gasteiger partial charge in [0.25, 0.3) is 0 Å².